The first-order valence-electron chi connectivity index (χ1n) is 3.36. The van der Waals surface area contributed by atoms with Crippen LogP contribution in [0.4, 0.5) is 4.39 Å². The van der Waals surface area contributed by atoms with Gasteiger partial charge in [0.1, 0.15) is 0 Å². The molecule has 0 saturated heterocycles. The van der Waals surface area contributed by atoms with Crippen molar-refractivity contribution in [3.63, 3.8) is 0 Å². The van der Waals surface area contributed by atoms with Crippen molar-refractivity contribution in [3.05, 3.63) is 36.0 Å². The highest BCUT2D eigenvalue weighted by molar-refractivity contribution is 9.10. The molecule has 1 aromatic rings. The van der Waals surface area contributed by atoms with E-state index in [4.69, 9.17) is 0 Å². The van der Waals surface area contributed by atoms with Crippen molar-refractivity contribution < 1.29 is 4.39 Å². The second-order valence-electron chi connectivity index (χ2n) is 2.57. The molecular formula is C8H6BrFN. The zero-order chi connectivity index (χ0) is 7.90. The van der Waals surface area contributed by atoms with E-state index in [1.54, 1.807) is 6.20 Å². The summed E-state index contributed by atoms with van der Waals surface area (Å²) in [6.07, 6.45) is 2.13. The van der Waals surface area contributed by atoms with E-state index < -0.39 is 4.58 Å². The van der Waals surface area contributed by atoms with Gasteiger partial charge in [0.25, 0.3) is 0 Å². The SMILES string of the molecule is FC1(Br)C[C]1c1ccccn1. The van der Waals surface area contributed by atoms with Gasteiger partial charge in [-0.05, 0) is 28.1 Å². The van der Waals surface area contributed by atoms with Gasteiger partial charge in [-0.2, -0.15) is 0 Å². The number of pyridine rings is 1. The van der Waals surface area contributed by atoms with Crippen LogP contribution in [0.2, 0.25) is 0 Å². The van der Waals surface area contributed by atoms with Gasteiger partial charge in [-0.1, -0.05) is 6.07 Å². The molecule has 1 saturated carbocycles. The quantitative estimate of drug-likeness (QED) is 0.655. The monoisotopic (exact) mass is 214 g/mol. The van der Waals surface area contributed by atoms with Crippen LogP contribution >= 0.6 is 15.9 Å². The Morgan fingerprint density at radius 3 is 2.73 bits per heavy atom. The number of alkyl halides is 2. The summed E-state index contributed by atoms with van der Waals surface area (Å²) >= 11 is 2.95. The van der Waals surface area contributed by atoms with Crippen molar-refractivity contribution in [1.29, 1.82) is 0 Å². The fraction of sp³-hybridized carbons (Fsp3) is 0.250. The van der Waals surface area contributed by atoms with Crippen molar-refractivity contribution in [3.8, 4) is 0 Å². The summed E-state index contributed by atoms with van der Waals surface area (Å²) in [5.41, 5.74) is 0.756. The summed E-state index contributed by atoms with van der Waals surface area (Å²) < 4.78 is 11.7. The first kappa shape index (κ1) is 7.22. The van der Waals surface area contributed by atoms with E-state index in [0.717, 1.165) is 11.6 Å². The van der Waals surface area contributed by atoms with Crippen LogP contribution in [0.25, 0.3) is 0 Å². The molecule has 1 aliphatic rings. The van der Waals surface area contributed by atoms with Crippen molar-refractivity contribution in [2.24, 2.45) is 0 Å². The van der Waals surface area contributed by atoms with Crippen molar-refractivity contribution in [2.75, 3.05) is 0 Å². The van der Waals surface area contributed by atoms with Crippen molar-refractivity contribution in [1.82, 2.24) is 4.98 Å². The molecule has 0 spiro atoms. The highest BCUT2D eigenvalue weighted by Gasteiger charge is 2.56. The average Bonchev–Trinajstić information content (AvgIpc) is 2.62. The summed E-state index contributed by atoms with van der Waals surface area (Å²) in [6, 6.07) is 5.50. The molecule has 1 fully saturated rings. The molecule has 1 aliphatic carbocycles. The molecule has 0 aliphatic heterocycles. The molecule has 1 aromatic heterocycles. The highest BCUT2D eigenvalue weighted by atomic mass is 79.9. The Balaban J connectivity index is 2.21. The van der Waals surface area contributed by atoms with Gasteiger partial charge >= 0.3 is 0 Å². The molecular weight excluding hydrogens is 209 g/mol. The predicted molar refractivity (Wildman–Crippen MR) is 44.0 cm³/mol. The molecule has 11 heavy (non-hydrogen) atoms. The Morgan fingerprint density at radius 2 is 2.27 bits per heavy atom. The molecule has 2 rings (SSSR count). The van der Waals surface area contributed by atoms with E-state index in [9.17, 15) is 4.39 Å². The molecule has 3 heteroatoms. The van der Waals surface area contributed by atoms with Crippen LogP contribution in [0.15, 0.2) is 24.4 Å². The maximum absolute atomic E-state index is 13.0. The number of nitrogens with zero attached hydrogens (tertiary/aromatic N) is 1. The van der Waals surface area contributed by atoms with E-state index in [2.05, 4.69) is 20.9 Å². The maximum atomic E-state index is 13.0. The first-order chi connectivity index (χ1) is 5.20. The number of halogens is 2. The first-order valence-corrected chi connectivity index (χ1v) is 4.15. The molecule has 1 heterocycles. The zero-order valence-electron chi connectivity index (χ0n) is 5.72. The average molecular weight is 215 g/mol. The third kappa shape index (κ3) is 1.29. The second-order valence-corrected chi connectivity index (χ2v) is 3.83. The Kier molecular flexibility index (Phi) is 1.49. The second kappa shape index (κ2) is 2.27. The maximum Gasteiger partial charge on any atom is 0.178 e. The topological polar surface area (TPSA) is 12.9 Å². The molecule has 1 atom stereocenters. The van der Waals surface area contributed by atoms with Crippen molar-refractivity contribution >= 4 is 15.9 Å². The molecule has 1 nitrogen and oxygen atoms in total. The Labute approximate surface area is 72.8 Å². The van der Waals surface area contributed by atoms with Crippen LogP contribution < -0.4 is 0 Å². The summed E-state index contributed by atoms with van der Waals surface area (Å²) in [5, 5.41) is 0. The summed E-state index contributed by atoms with van der Waals surface area (Å²) in [6.45, 7) is 0. The van der Waals surface area contributed by atoms with Crippen LogP contribution in [0.5, 0.6) is 0 Å². The van der Waals surface area contributed by atoms with Gasteiger partial charge in [-0.15, -0.1) is 0 Å². The van der Waals surface area contributed by atoms with Crippen LogP contribution in [0.1, 0.15) is 12.1 Å². The van der Waals surface area contributed by atoms with E-state index in [1.165, 1.54) is 0 Å². The largest absolute Gasteiger partial charge is 0.261 e. The minimum Gasteiger partial charge on any atom is -0.261 e. The molecule has 0 amide bonds. The third-order valence-electron chi connectivity index (χ3n) is 1.69. The Hall–Kier alpha value is -0.440. The number of aromatic nitrogens is 1. The van der Waals surface area contributed by atoms with E-state index in [0.29, 0.717) is 6.42 Å². The lowest BCUT2D eigenvalue weighted by Gasteiger charge is -1.95. The van der Waals surface area contributed by atoms with Gasteiger partial charge in [0.2, 0.25) is 0 Å². The van der Waals surface area contributed by atoms with Crippen LogP contribution in [0, 0.1) is 5.92 Å². The molecule has 57 valence electrons. The summed E-state index contributed by atoms with van der Waals surface area (Å²) in [7, 11) is 0. The predicted octanol–water partition coefficient (Wildman–Crippen LogP) is 2.47. The molecule has 0 N–H and O–H groups in total. The third-order valence-corrected chi connectivity index (χ3v) is 2.45. The zero-order valence-corrected chi connectivity index (χ0v) is 7.31. The minimum atomic E-state index is -1.26. The lowest BCUT2D eigenvalue weighted by molar-refractivity contribution is 0.455. The molecule has 0 bridgehead atoms. The standard InChI is InChI=1S/C8H6BrFN/c9-8(10)5-6(8)7-3-1-2-4-11-7/h1-4H,5H2. The number of hydrogen-bond donors (Lipinski definition) is 0. The lowest BCUT2D eigenvalue weighted by atomic mass is 10.2. The fourth-order valence-corrected chi connectivity index (χ4v) is 1.48. The normalized spacial score (nSPS) is 30.4. The van der Waals surface area contributed by atoms with E-state index in [-0.39, 0.29) is 0 Å². The highest BCUT2D eigenvalue weighted by Crippen LogP contribution is 2.57. The van der Waals surface area contributed by atoms with Crippen LogP contribution in [-0.4, -0.2) is 9.56 Å². The number of rotatable bonds is 1. The fourth-order valence-electron chi connectivity index (χ4n) is 0.997. The summed E-state index contributed by atoms with van der Waals surface area (Å²) in [5.74, 6) is 0.748. The van der Waals surface area contributed by atoms with Gasteiger partial charge in [-0.3, -0.25) is 4.98 Å². The lowest BCUT2D eigenvalue weighted by Crippen LogP contribution is -1.93. The van der Waals surface area contributed by atoms with E-state index in [1.807, 2.05) is 18.2 Å². The minimum absolute atomic E-state index is 0.462. The van der Waals surface area contributed by atoms with E-state index >= 15 is 0 Å². The van der Waals surface area contributed by atoms with Crippen molar-refractivity contribution in [2.45, 2.75) is 11.0 Å². The van der Waals surface area contributed by atoms with Crippen LogP contribution in [-0.2, 0) is 0 Å². The Bertz CT molecular complexity index is 260. The van der Waals surface area contributed by atoms with Gasteiger partial charge in [0.15, 0.2) is 4.58 Å². The van der Waals surface area contributed by atoms with Gasteiger partial charge < -0.3 is 0 Å². The molecule has 0 aromatic carbocycles. The van der Waals surface area contributed by atoms with Gasteiger partial charge in [0.05, 0.1) is 11.6 Å². The summed E-state index contributed by atoms with van der Waals surface area (Å²) in [4.78, 5) is 4.03. The smallest absolute Gasteiger partial charge is 0.178 e. The Morgan fingerprint density at radius 1 is 1.55 bits per heavy atom. The molecule has 1 radical (unpaired) electrons. The van der Waals surface area contributed by atoms with Gasteiger partial charge in [-0.25, -0.2) is 4.39 Å². The number of hydrogen-bond acceptors (Lipinski definition) is 1. The van der Waals surface area contributed by atoms with Crippen LogP contribution in [0.3, 0.4) is 0 Å². The van der Waals surface area contributed by atoms with Gasteiger partial charge in [0, 0.05) is 12.6 Å². The molecule has 1 unspecified atom stereocenters.